The van der Waals surface area contributed by atoms with Crippen LogP contribution in [-0.2, 0) is 0 Å². The smallest absolute Gasteiger partial charge is 0.318 e. The number of rotatable bonds is 5. The highest BCUT2D eigenvalue weighted by Gasteiger charge is 2.25. The molecule has 2 fully saturated rings. The number of anilines is 1. The molecule has 5 nitrogen and oxygen atoms in total. The summed E-state index contributed by atoms with van der Waals surface area (Å²) in [7, 11) is 1.57. The number of nitrogens with one attached hydrogen (secondary N) is 1. The minimum Gasteiger partial charge on any atom is -0.467 e. The lowest BCUT2D eigenvalue weighted by molar-refractivity contribution is 0.370. The first-order chi connectivity index (χ1) is 9.76. The number of nitrogens with zero attached hydrogens (tertiary/aromatic N) is 3. The summed E-state index contributed by atoms with van der Waals surface area (Å²) in [6.45, 7) is 3.15. The van der Waals surface area contributed by atoms with E-state index in [1.165, 1.54) is 25.7 Å². The monoisotopic (exact) mass is 296 g/mol. The molecule has 2 aliphatic rings. The van der Waals surface area contributed by atoms with Gasteiger partial charge < -0.3 is 15.0 Å². The molecule has 1 aliphatic carbocycles. The van der Waals surface area contributed by atoms with Crippen LogP contribution in [0.25, 0.3) is 0 Å². The number of methoxy groups -OCH3 is 1. The minimum absolute atomic E-state index is 0.377. The zero-order valence-electron chi connectivity index (χ0n) is 11.8. The van der Waals surface area contributed by atoms with E-state index in [1.807, 2.05) is 0 Å². The number of ether oxygens (including phenoxy) is 1. The van der Waals surface area contributed by atoms with Gasteiger partial charge in [0, 0.05) is 19.1 Å². The van der Waals surface area contributed by atoms with Crippen LogP contribution in [-0.4, -0.2) is 42.8 Å². The van der Waals surface area contributed by atoms with Crippen molar-refractivity contribution in [2.45, 2.75) is 31.7 Å². The Bertz CT molecular complexity index is 458. The van der Waals surface area contributed by atoms with Crippen LogP contribution in [0, 0.1) is 5.92 Å². The van der Waals surface area contributed by atoms with E-state index in [0.717, 1.165) is 37.4 Å². The van der Waals surface area contributed by atoms with Gasteiger partial charge in [-0.15, -0.1) is 0 Å². The first-order valence-electron chi connectivity index (χ1n) is 7.31. The molecule has 3 rings (SSSR count). The van der Waals surface area contributed by atoms with Gasteiger partial charge in [-0.1, -0.05) is 11.6 Å². The van der Waals surface area contributed by atoms with Crippen LogP contribution in [0.1, 0.15) is 25.7 Å². The van der Waals surface area contributed by atoms with E-state index in [2.05, 4.69) is 20.2 Å². The molecule has 0 spiro atoms. The van der Waals surface area contributed by atoms with Gasteiger partial charge in [0.2, 0.25) is 0 Å². The first kappa shape index (κ1) is 13.9. The maximum absolute atomic E-state index is 6.20. The fourth-order valence-electron chi connectivity index (χ4n) is 2.63. The third-order valence-electron chi connectivity index (χ3n) is 4.07. The van der Waals surface area contributed by atoms with Crippen LogP contribution >= 0.6 is 11.6 Å². The number of hydrogen-bond acceptors (Lipinski definition) is 5. The Morgan fingerprint density at radius 3 is 2.75 bits per heavy atom. The van der Waals surface area contributed by atoms with E-state index in [0.29, 0.717) is 11.0 Å². The van der Waals surface area contributed by atoms with Gasteiger partial charge in [-0.2, -0.15) is 4.98 Å². The molecule has 1 aliphatic heterocycles. The van der Waals surface area contributed by atoms with Crippen LogP contribution in [0.5, 0.6) is 6.01 Å². The lowest BCUT2D eigenvalue weighted by Crippen LogP contribution is -2.38. The van der Waals surface area contributed by atoms with Crippen molar-refractivity contribution >= 4 is 17.4 Å². The largest absolute Gasteiger partial charge is 0.467 e. The van der Waals surface area contributed by atoms with Crippen molar-refractivity contribution in [3.63, 3.8) is 0 Å². The summed E-state index contributed by atoms with van der Waals surface area (Å²) in [5, 5.41) is 4.22. The van der Waals surface area contributed by atoms with Crippen molar-refractivity contribution in [1.82, 2.24) is 15.3 Å². The van der Waals surface area contributed by atoms with Gasteiger partial charge in [-0.05, 0) is 38.1 Å². The van der Waals surface area contributed by atoms with E-state index < -0.39 is 0 Å². The molecule has 1 aromatic rings. The Morgan fingerprint density at radius 2 is 2.10 bits per heavy atom. The molecule has 6 heteroatoms. The molecule has 1 N–H and O–H groups in total. The predicted molar refractivity (Wildman–Crippen MR) is 79.6 cm³/mol. The van der Waals surface area contributed by atoms with Gasteiger partial charge in [-0.3, -0.25) is 0 Å². The Hall–Kier alpha value is -1.07. The predicted octanol–water partition coefficient (Wildman–Crippen LogP) is 2.11. The molecule has 110 valence electrons. The van der Waals surface area contributed by atoms with Crippen LogP contribution in [0.2, 0.25) is 5.02 Å². The van der Waals surface area contributed by atoms with Crippen molar-refractivity contribution < 1.29 is 4.74 Å². The van der Waals surface area contributed by atoms with Gasteiger partial charge >= 0.3 is 6.01 Å². The second kappa shape index (κ2) is 6.14. The summed E-state index contributed by atoms with van der Waals surface area (Å²) in [4.78, 5) is 10.6. The van der Waals surface area contributed by atoms with Crippen LogP contribution in [0.15, 0.2) is 6.20 Å². The number of piperidine rings is 1. The number of aromatic nitrogens is 2. The topological polar surface area (TPSA) is 50.3 Å². The molecule has 2 heterocycles. The summed E-state index contributed by atoms with van der Waals surface area (Å²) >= 11 is 6.20. The molecular weight excluding hydrogens is 276 g/mol. The second-order valence-electron chi connectivity index (χ2n) is 5.64. The Labute approximate surface area is 124 Å². The highest BCUT2D eigenvalue weighted by Crippen LogP contribution is 2.29. The lowest BCUT2D eigenvalue weighted by Gasteiger charge is -2.33. The van der Waals surface area contributed by atoms with Crippen LogP contribution in [0.4, 0.5) is 5.82 Å². The van der Waals surface area contributed by atoms with E-state index in [9.17, 15) is 0 Å². The van der Waals surface area contributed by atoms with Crippen molar-refractivity contribution in [3.05, 3.63) is 11.2 Å². The summed E-state index contributed by atoms with van der Waals surface area (Å²) in [5.41, 5.74) is 0. The molecule has 20 heavy (non-hydrogen) atoms. The molecule has 1 aromatic heterocycles. The van der Waals surface area contributed by atoms with E-state index in [1.54, 1.807) is 13.3 Å². The van der Waals surface area contributed by atoms with Crippen molar-refractivity contribution in [1.29, 1.82) is 0 Å². The van der Waals surface area contributed by atoms with E-state index in [-0.39, 0.29) is 0 Å². The maximum atomic E-state index is 6.20. The molecule has 0 atom stereocenters. The quantitative estimate of drug-likeness (QED) is 0.902. The Morgan fingerprint density at radius 1 is 1.35 bits per heavy atom. The summed E-state index contributed by atoms with van der Waals surface area (Å²) < 4.78 is 5.08. The van der Waals surface area contributed by atoms with Crippen LogP contribution < -0.4 is 15.0 Å². The van der Waals surface area contributed by atoms with E-state index >= 15 is 0 Å². The van der Waals surface area contributed by atoms with Crippen molar-refractivity contribution in [3.8, 4) is 6.01 Å². The van der Waals surface area contributed by atoms with Gasteiger partial charge in [0.25, 0.3) is 0 Å². The fraction of sp³-hybridized carbons (Fsp3) is 0.714. The highest BCUT2D eigenvalue weighted by atomic mass is 35.5. The SMILES string of the molecule is COc1ncc(Cl)c(N2CCC(CNC3CC3)CC2)n1. The van der Waals surface area contributed by atoms with Gasteiger partial charge in [0.15, 0.2) is 5.82 Å². The van der Waals surface area contributed by atoms with E-state index in [4.69, 9.17) is 16.3 Å². The third-order valence-corrected chi connectivity index (χ3v) is 4.34. The standard InChI is InChI=1S/C14H21ClN4O/c1-20-14-17-9-12(15)13(18-14)19-6-4-10(5-7-19)8-16-11-2-3-11/h9-11,16H,2-8H2,1H3. The first-order valence-corrected chi connectivity index (χ1v) is 7.69. The molecule has 0 aromatic carbocycles. The second-order valence-corrected chi connectivity index (χ2v) is 6.05. The average molecular weight is 297 g/mol. The van der Waals surface area contributed by atoms with Crippen molar-refractivity contribution in [2.24, 2.45) is 5.92 Å². The maximum Gasteiger partial charge on any atom is 0.318 e. The van der Waals surface area contributed by atoms with Gasteiger partial charge in [0.1, 0.15) is 5.02 Å². The third kappa shape index (κ3) is 3.33. The van der Waals surface area contributed by atoms with Gasteiger partial charge in [-0.25, -0.2) is 4.98 Å². The zero-order valence-corrected chi connectivity index (χ0v) is 12.6. The highest BCUT2D eigenvalue weighted by molar-refractivity contribution is 6.32. The molecule has 0 bridgehead atoms. The fourth-order valence-corrected chi connectivity index (χ4v) is 2.84. The summed E-state index contributed by atoms with van der Waals surface area (Å²) in [5.74, 6) is 1.57. The normalized spacial score (nSPS) is 20.2. The number of halogens is 1. The molecule has 0 radical (unpaired) electrons. The molecular formula is C14H21ClN4O. The number of hydrogen-bond donors (Lipinski definition) is 1. The average Bonchev–Trinajstić information content (AvgIpc) is 3.31. The lowest BCUT2D eigenvalue weighted by atomic mass is 9.97. The Kier molecular flexibility index (Phi) is 4.27. The molecule has 0 unspecified atom stereocenters. The van der Waals surface area contributed by atoms with Gasteiger partial charge in [0.05, 0.1) is 13.3 Å². The summed E-state index contributed by atoms with van der Waals surface area (Å²) in [6, 6.07) is 1.18. The van der Waals surface area contributed by atoms with Crippen molar-refractivity contribution in [2.75, 3.05) is 31.6 Å². The molecule has 1 saturated carbocycles. The molecule has 0 amide bonds. The molecule has 1 saturated heterocycles. The van der Waals surface area contributed by atoms with Crippen LogP contribution in [0.3, 0.4) is 0 Å². The minimum atomic E-state index is 0.377. The Balaban J connectivity index is 1.56. The summed E-state index contributed by atoms with van der Waals surface area (Å²) in [6.07, 6.45) is 6.69. The zero-order chi connectivity index (χ0) is 13.9.